The Morgan fingerprint density at radius 2 is 2.12 bits per heavy atom. The molecule has 3 heteroatoms. The Kier molecular flexibility index (Phi) is 3.19. The molecular weight excluding hydrogens is 214 g/mol. The van der Waals surface area contributed by atoms with E-state index in [0.29, 0.717) is 19.6 Å². The topological polar surface area (TPSA) is 53.2 Å². The highest BCUT2D eigenvalue weighted by Gasteiger charge is 2.50. The Bertz CT molecular complexity index is 414. The lowest BCUT2D eigenvalue weighted by Crippen LogP contribution is -2.48. The largest absolute Gasteiger partial charge is 0.384 e. The average molecular weight is 231 g/mol. The van der Waals surface area contributed by atoms with Crippen molar-refractivity contribution >= 4 is 0 Å². The zero-order valence-electron chi connectivity index (χ0n) is 10.0. The number of benzene rings is 1. The number of rotatable bonds is 2. The third kappa shape index (κ3) is 1.95. The first-order chi connectivity index (χ1) is 8.12. The lowest BCUT2D eigenvalue weighted by molar-refractivity contribution is -0.113. The standard InChI is InChI=1S/C14H17NO2/c1-13(16,12-6-3-2-4-7-12)14(10-15)8-5-9-17-11-14/h2-4,6-7,16H,5,8-9,11H2,1H3. The fourth-order valence-corrected chi connectivity index (χ4v) is 2.41. The van der Waals surface area contributed by atoms with Crippen molar-refractivity contribution in [2.75, 3.05) is 13.2 Å². The second kappa shape index (κ2) is 4.48. The highest BCUT2D eigenvalue weighted by atomic mass is 16.5. The molecule has 0 aliphatic carbocycles. The third-order valence-electron chi connectivity index (χ3n) is 3.72. The highest BCUT2D eigenvalue weighted by molar-refractivity contribution is 5.28. The van der Waals surface area contributed by atoms with Crippen molar-refractivity contribution in [1.29, 1.82) is 5.26 Å². The van der Waals surface area contributed by atoms with Gasteiger partial charge in [0, 0.05) is 6.61 Å². The zero-order valence-corrected chi connectivity index (χ0v) is 10.0. The molecule has 0 aromatic heterocycles. The van der Waals surface area contributed by atoms with E-state index in [2.05, 4.69) is 6.07 Å². The van der Waals surface area contributed by atoms with Crippen LogP contribution in [0.15, 0.2) is 30.3 Å². The summed E-state index contributed by atoms with van der Waals surface area (Å²) >= 11 is 0. The SMILES string of the molecule is CC(O)(c1ccccc1)C1(C#N)CCCOC1. The Labute approximate surface area is 102 Å². The van der Waals surface area contributed by atoms with Crippen LogP contribution in [0.3, 0.4) is 0 Å². The monoisotopic (exact) mass is 231 g/mol. The summed E-state index contributed by atoms with van der Waals surface area (Å²) in [6.07, 6.45) is 1.49. The van der Waals surface area contributed by atoms with E-state index in [1.165, 1.54) is 0 Å². The van der Waals surface area contributed by atoms with Gasteiger partial charge in [-0.15, -0.1) is 0 Å². The summed E-state index contributed by atoms with van der Waals surface area (Å²) < 4.78 is 5.40. The molecule has 90 valence electrons. The first-order valence-corrected chi connectivity index (χ1v) is 5.89. The molecular formula is C14H17NO2. The van der Waals surface area contributed by atoms with Crippen molar-refractivity contribution in [3.05, 3.63) is 35.9 Å². The van der Waals surface area contributed by atoms with Crippen LogP contribution in [0.5, 0.6) is 0 Å². The van der Waals surface area contributed by atoms with Gasteiger partial charge in [-0.2, -0.15) is 5.26 Å². The summed E-state index contributed by atoms with van der Waals surface area (Å²) in [7, 11) is 0. The molecule has 2 rings (SSSR count). The molecule has 1 heterocycles. The minimum absolute atomic E-state index is 0.297. The number of hydrogen-bond donors (Lipinski definition) is 1. The van der Waals surface area contributed by atoms with E-state index in [1.54, 1.807) is 6.92 Å². The highest BCUT2D eigenvalue weighted by Crippen LogP contribution is 2.44. The molecule has 0 radical (unpaired) electrons. The summed E-state index contributed by atoms with van der Waals surface area (Å²) in [6, 6.07) is 11.6. The van der Waals surface area contributed by atoms with Crippen molar-refractivity contribution in [2.45, 2.75) is 25.4 Å². The quantitative estimate of drug-likeness (QED) is 0.849. The van der Waals surface area contributed by atoms with Crippen LogP contribution in [0.2, 0.25) is 0 Å². The van der Waals surface area contributed by atoms with E-state index in [1.807, 2.05) is 30.3 Å². The maximum Gasteiger partial charge on any atom is 0.113 e. The second-order valence-corrected chi connectivity index (χ2v) is 4.79. The summed E-state index contributed by atoms with van der Waals surface area (Å²) in [5.41, 5.74) is -1.25. The predicted octanol–water partition coefficient (Wildman–Crippen LogP) is 2.21. The first-order valence-electron chi connectivity index (χ1n) is 5.89. The lowest BCUT2D eigenvalue weighted by atomic mass is 9.67. The Hall–Kier alpha value is -1.37. The smallest absolute Gasteiger partial charge is 0.113 e. The van der Waals surface area contributed by atoms with Crippen molar-refractivity contribution < 1.29 is 9.84 Å². The van der Waals surface area contributed by atoms with Crippen molar-refractivity contribution in [3.8, 4) is 6.07 Å². The van der Waals surface area contributed by atoms with E-state index in [4.69, 9.17) is 4.74 Å². The van der Waals surface area contributed by atoms with E-state index in [0.717, 1.165) is 12.0 Å². The van der Waals surface area contributed by atoms with Gasteiger partial charge in [-0.05, 0) is 25.3 Å². The third-order valence-corrected chi connectivity index (χ3v) is 3.72. The molecule has 1 aromatic rings. The van der Waals surface area contributed by atoms with Crippen LogP contribution in [0, 0.1) is 16.7 Å². The predicted molar refractivity (Wildman–Crippen MR) is 64.1 cm³/mol. The molecule has 1 fully saturated rings. The van der Waals surface area contributed by atoms with Gasteiger partial charge in [0.25, 0.3) is 0 Å². The van der Waals surface area contributed by atoms with Gasteiger partial charge in [0.2, 0.25) is 0 Å². The minimum atomic E-state index is -1.18. The molecule has 1 aliphatic heterocycles. The molecule has 0 spiro atoms. The molecule has 1 N–H and O–H groups in total. The second-order valence-electron chi connectivity index (χ2n) is 4.79. The summed E-state index contributed by atoms with van der Waals surface area (Å²) in [5, 5.41) is 20.2. The van der Waals surface area contributed by atoms with Gasteiger partial charge in [-0.1, -0.05) is 30.3 Å². The van der Waals surface area contributed by atoms with E-state index < -0.39 is 11.0 Å². The molecule has 2 atom stereocenters. The normalized spacial score (nSPS) is 28.1. The van der Waals surface area contributed by atoms with Gasteiger partial charge in [0.15, 0.2) is 0 Å². The van der Waals surface area contributed by atoms with Gasteiger partial charge in [0.1, 0.15) is 11.0 Å². The first kappa shape index (κ1) is 12.1. The average Bonchev–Trinajstić information content (AvgIpc) is 2.40. The van der Waals surface area contributed by atoms with Gasteiger partial charge in [-0.3, -0.25) is 0 Å². The number of nitrogens with zero attached hydrogens (tertiary/aromatic N) is 1. The summed E-state index contributed by atoms with van der Waals surface area (Å²) in [4.78, 5) is 0. The van der Waals surface area contributed by atoms with E-state index in [9.17, 15) is 10.4 Å². The Morgan fingerprint density at radius 3 is 2.65 bits per heavy atom. The molecule has 0 saturated carbocycles. The molecule has 1 aliphatic rings. The molecule has 17 heavy (non-hydrogen) atoms. The van der Waals surface area contributed by atoms with Crippen LogP contribution < -0.4 is 0 Å². The Balaban J connectivity index is 2.39. The van der Waals surface area contributed by atoms with Gasteiger partial charge >= 0.3 is 0 Å². The van der Waals surface area contributed by atoms with Crippen LogP contribution in [-0.4, -0.2) is 18.3 Å². The number of hydrogen-bond acceptors (Lipinski definition) is 3. The van der Waals surface area contributed by atoms with E-state index in [-0.39, 0.29) is 0 Å². The maximum absolute atomic E-state index is 10.8. The molecule has 1 saturated heterocycles. The van der Waals surface area contributed by atoms with Crippen LogP contribution in [-0.2, 0) is 10.3 Å². The van der Waals surface area contributed by atoms with Crippen LogP contribution in [0.1, 0.15) is 25.3 Å². The molecule has 0 amide bonds. The maximum atomic E-state index is 10.8. The van der Waals surface area contributed by atoms with Crippen LogP contribution >= 0.6 is 0 Å². The van der Waals surface area contributed by atoms with Crippen molar-refractivity contribution in [2.24, 2.45) is 5.41 Å². The van der Waals surface area contributed by atoms with Crippen molar-refractivity contribution in [1.82, 2.24) is 0 Å². The molecule has 0 bridgehead atoms. The number of aliphatic hydroxyl groups is 1. The molecule has 2 unspecified atom stereocenters. The van der Waals surface area contributed by atoms with Crippen molar-refractivity contribution in [3.63, 3.8) is 0 Å². The van der Waals surface area contributed by atoms with Gasteiger partial charge < -0.3 is 9.84 Å². The fourth-order valence-electron chi connectivity index (χ4n) is 2.41. The molecule has 3 nitrogen and oxygen atoms in total. The zero-order chi connectivity index (χ0) is 12.4. The molecule has 1 aromatic carbocycles. The van der Waals surface area contributed by atoms with E-state index >= 15 is 0 Å². The Morgan fingerprint density at radius 1 is 1.41 bits per heavy atom. The lowest BCUT2D eigenvalue weighted by Gasteiger charge is -2.42. The van der Waals surface area contributed by atoms with Gasteiger partial charge in [0.05, 0.1) is 12.7 Å². The van der Waals surface area contributed by atoms with Gasteiger partial charge in [-0.25, -0.2) is 0 Å². The fraction of sp³-hybridized carbons (Fsp3) is 0.500. The van der Waals surface area contributed by atoms with Crippen LogP contribution in [0.25, 0.3) is 0 Å². The number of ether oxygens (including phenoxy) is 1. The summed E-state index contributed by atoms with van der Waals surface area (Å²) in [5.74, 6) is 0. The number of nitriles is 1. The minimum Gasteiger partial charge on any atom is -0.384 e. The summed E-state index contributed by atoms with van der Waals surface area (Å²) in [6.45, 7) is 2.68. The van der Waals surface area contributed by atoms with Crippen LogP contribution in [0.4, 0.5) is 0 Å².